The first-order chi connectivity index (χ1) is 14.1. The second-order valence-corrected chi connectivity index (χ2v) is 7.28. The Bertz CT molecular complexity index is 1020. The van der Waals surface area contributed by atoms with Crippen molar-refractivity contribution in [2.75, 3.05) is 10.6 Å². The Kier molecular flexibility index (Phi) is 5.53. The molecule has 29 heavy (non-hydrogen) atoms. The van der Waals surface area contributed by atoms with Crippen LogP contribution >= 0.6 is 11.6 Å². The average molecular weight is 411 g/mol. The maximum Gasteiger partial charge on any atom is 0.292 e. The Morgan fingerprint density at radius 3 is 2.62 bits per heavy atom. The zero-order chi connectivity index (χ0) is 20.2. The minimum absolute atomic E-state index is 0.0855. The molecule has 1 fully saturated rings. The van der Waals surface area contributed by atoms with Crippen molar-refractivity contribution in [3.05, 3.63) is 63.8 Å². The van der Waals surface area contributed by atoms with Gasteiger partial charge in [-0.25, -0.2) is 4.98 Å². The monoisotopic (exact) mass is 410 g/mol. The molecule has 0 radical (unpaired) electrons. The third-order valence-electron chi connectivity index (χ3n) is 4.76. The number of aromatic nitrogens is 3. The topological polar surface area (TPSA) is 106 Å². The second kappa shape index (κ2) is 8.40. The van der Waals surface area contributed by atoms with Crippen LogP contribution in [0.5, 0.6) is 0 Å². The molecular weight excluding hydrogens is 392 g/mol. The van der Waals surface area contributed by atoms with Crippen LogP contribution in [0.15, 0.2) is 48.7 Å². The lowest BCUT2D eigenvalue weighted by atomic mass is 10.2. The first-order valence-corrected chi connectivity index (χ1v) is 9.74. The number of benzene rings is 1. The van der Waals surface area contributed by atoms with Gasteiger partial charge in [0.15, 0.2) is 0 Å². The fraction of sp³-hybridized carbons (Fsp3) is 0.250. The predicted molar refractivity (Wildman–Crippen MR) is 113 cm³/mol. The molecule has 0 unspecified atom stereocenters. The number of halogens is 1. The molecule has 1 aliphatic carbocycles. The number of hydrogen-bond donors (Lipinski definition) is 2. The minimum Gasteiger partial charge on any atom is -0.351 e. The van der Waals surface area contributed by atoms with Crippen molar-refractivity contribution >= 4 is 34.7 Å². The van der Waals surface area contributed by atoms with Gasteiger partial charge < -0.3 is 10.6 Å². The van der Waals surface area contributed by atoms with Gasteiger partial charge >= 0.3 is 0 Å². The minimum atomic E-state index is -0.461. The average Bonchev–Trinajstić information content (AvgIpc) is 3.21. The summed E-state index contributed by atoms with van der Waals surface area (Å²) in [6, 6.07) is 12.0. The van der Waals surface area contributed by atoms with Gasteiger partial charge in [0.1, 0.15) is 11.5 Å². The lowest BCUT2D eigenvalue weighted by Gasteiger charge is -2.15. The van der Waals surface area contributed by atoms with Crippen LogP contribution in [0, 0.1) is 10.1 Å². The van der Waals surface area contributed by atoms with Gasteiger partial charge in [-0.05, 0) is 37.1 Å². The quantitative estimate of drug-likeness (QED) is 0.425. The number of nitro groups is 1. The molecule has 1 aromatic carbocycles. The van der Waals surface area contributed by atoms with Crippen LogP contribution < -0.4 is 10.6 Å². The fourth-order valence-electron chi connectivity index (χ4n) is 3.38. The summed E-state index contributed by atoms with van der Waals surface area (Å²) >= 11 is 6.04. The predicted octanol–water partition coefficient (Wildman–Crippen LogP) is 5.20. The Morgan fingerprint density at radius 1 is 1.07 bits per heavy atom. The summed E-state index contributed by atoms with van der Waals surface area (Å²) in [5.41, 5.74) is 1.49. The van der Waals surface area contributed by atoms with Crippen LogP contribution in [-0.2, 0) is 0 Å². The van der Waals surface area contributed by atoms with Gasteiger partial charge in [0, 0.05) is 29.4 Å². The number of nitro benzene ring substituents is 1. The highest BCUT2D eigenvalue weighted by Crippen LogP contribution is 2.31. The Hall–Kier alpha value is -3.26. The summed E-state index contributed by atoms with van der Waals surface area (Å²) in [4.78, 5) is 24.4. The van der Waals surface area contributed by atoms with E-state index in [1.165, 1.54) is 31.0 Å². The largest absolute Gasteiger partial charge is 0.351 e. The Morgan fingerprint density at radius 2 is 1.90 bits per heavy atom. The number of nitrogens with one attached hydrogen (secondary N) is 2. The molecule has 0 amide bonds. The highest BCUT2D eigenvalue weighted by atomic mass is 35.5. The second-order valence-electron chi connectivity index (χ2n) is 6.85. The van der Waals surface area contributed by atoms with E-state index in [1.54, 1.807) is 12.3 Å². The molecule has 8 nitrogen and oxygen atoms in total. The lowest BCUT2D eigenvalue weighted by Crippen LogP contribution is -2.17. The van der Waals surface area contributed by atoms with Crippen molar-refractivity contribution in [3.8, 4) is 11.4 Å². The van der Waals surface area contributed by atoms with Crippen LogP contribution in [0.25, 0.3) is 11.4 Å². The maximum atomic E-state index is 11.4. The van der Waals surface area contributed by atoms with Gasteiger partial charge in [-0.2, -0.15) is 4.98 Å². The van der Waals surface area contributed by atoms with Gasteiger partial charge in [-0.1, -0.05) is 30.5 Å². The van der Waals surface area contributed by atoms with E-state index in [9.17, 15) is 10.1 Å². The molecule has 0 bridgehead atoms. The fourth-order valence-corrected chi connectivity index (χ4v) is 3.55. The molecule has 2 N–H and O–H groups in total. The number of hydrogen-bond acceptors (Lipinski definition) is 7. The summed E-state index contributed by atoms with van der Waals surface area (Å²) in [5.74, 6) is 0.888. The van der Waals surface area contributed by atoms with Crippen LogP contribution in [0.2, 0.25) is 5.02 Å². The Labute approximate surface area is 172 Å². The van der Waals surface area contributed by atoms with E-state index in [4.69, 9.17) is 11.6 Å². The third kappa shape index (κ3) is 4.60. The number of anilines is 3. The van der Waals surface area contributed by atoms with Crippen molar-refractivity contribution < 1.29 is 4.92 Å². The van der Waals surface area contributed by atoms with E-state index in [0.717, 1.165) is 12.8 Å². The summed E-state index contributed by atoms with van der Waals surface area (Å²) in [6.07, 6.45) is 6.19. The van der Waals surface area contributed by atoms with Gasteiger partial charge in [0.25, 0.3) is 5.69 Å². The molecule has 3 aromatic rings. The van der Waals surface area contributed by atoms with Gasteiger partial charge in [-0.3, -0.25) is 15.1 Å². The standard InChI is InChI=1S/C20H19ClN6O2/c21-13-8-9-18(27(28)29)17(11-13)24-19-12-16(15-7-3-4-10-22-15)25-20(26-19)23-14-5-1-2-6-14/h3-4,7-12,14H,1-2,5-6H2,(H2,23,24,25,26). The molecule has 4 rings (SSSR count). The van der Waals surface area contributed by atoms with Crippen LogP contribution in [-0.4, -0.2) is 25.9 Å². The first-order valence-electron chi connectivity index (χ1n) is 9.36. The van der Waals surface area contributed by atoms with E-state index >= 15 is 0 Å². The summed E-state index contributed by atoms with van der Waals surface area (Å²) < 4.78 is 0. The van der Waals surface area contributed by atoms with Crippen molar-refractivity contribution in [3.63, 3.8) is 0 Å². The molecule has 9 heteroatoms. The molecule has 1 aliphatic rings. The van der Waals surface area contributed by atoms with Crippen molar-refractivity contribution in [1.29, 1.82) is 0 Å². The molecule has 2 aromatic heterocycles. The van der Waals surface area contributed by atoms with E-state index in [2.05, 4.69) is 25.6 Å². The lowest BCUT2D eigenvalue weighted by molar-refractivity contribution is -0.383. The summed E-state index contributed by atoms with van der Waals surface area (Å²) in [6.45, 7) is 0. The molecule has 0 spiro atoms. The SMILES string of the molecule is O=[N+]([O-])c1ccc(Cl)cc1Nc1cc(-c2ccccn2)nc(NC2CCCC2)n1. The van der Waals surface area contributed by atoms with Crippen molar-refractivity contribution in [2.24, 2.45) is 0 Å². The van der Waals surface area contributed by atoms with Crippen LogP contribution in [0.4, 0.5) is 23.1 Å². The summed E-state index contributed by atoms with van der Waals surface area (Å²) in [5, 5.41) is 18.2. The molecule has 1 saturated carbocycles. The summed E-state index contributed by atoms with van der Waals surface area (Å²) in [7, 11) is 0. The number of nitrogens with zero attached hydrogens (tertiary/aromatic N) is 4. The third-order valence-corrected chi connectivity index (χ3v) is 4.99. The zero-order valence-corrected chi connectivity index (χ0v) is 16.3. The van der Waals surface area contributed by atoms with Crippen molar-refractivity contribution in [1.82, 2.24) is 15.0 Å². The normalized spacial score (nSPS) is 14.0. The molecule has 148 valence electrons. The van der Waals surface area contributed by atoms with Crippen LogP contribution in [0.1, 0.15) is 25.7 Å². The molecular formula is C20H19ClN6O2. The van der Waals surface area contributed by atoms with Crippen molar-refractivity contribution in [2.45, 2.75) is 31.7 Å². The molecule has 0 atom stereocenters. The molecule has 2 heterocycles. The van der Waals surface area contributed by atoms with Gasteiger partial charge in [0.2, 0.25) is 5.95 Å². The molecule has 0 saturated heterocycles. The smallest absolute Gasteiger partial charge is 0.292 e. The highest BCUT2D eigenvalue weighted by Gasteiger charge is 2.19. The Balaban J connectivity index is 1.72. The van der Waals surface area contributed by atoms with E-state index in [1.807, 2.05) is 18.2 Å². The van der Waals surface area contributed by atoms with Gasteiger partial charge in [-0.15, -0.1) is 0 Å². The van der Waals surface area contributed by atoms with E-state index < -0.39 is 4.92 Å². The zero-order valence-electron chi connectivity index (χ0n) is 15.5. The van der Waals surface area contributed by atoms with E-state index in [-0.39, 0.29) is 11.4 Å². The number of rotatable bonds is 6. The first kappa shape index (κ1) is 19.1. The maximum absolute atomic E-state index is 11.4. The highest BCUT2D eigenvalue weighted by molar-refractivity contribution is 6.31. The van der Waals surface area contributed by atoms with Gasteiger partial charge in [0.05, 0.1) is 16.3 Å². The van der Waals surface area contributed by atoms with E-state index in [0.29, 0.717) is 34.2 Å². The molecule has 0 aliphatic heterocycles. The van der Waals surface area contributed by atoms with Crippen LogP contribution in [0.3, 0.4) is 0 Å². The number of pyridine rings is 1.